The van der Waals surface area contributed by atoms with Crippen molar-refractivity contribution in [1.29, 1.82) is 0 Å². The van der Waals surface area contributed by atoms with Crippen molar-refractivity contribution in [3.8, 4) is 5.75 Å². The lowest BCUT2D eigenvalue weighted by molar-refractivity contribution is 0.102. The van der Waals surface area contributed by atoms with Gasteiger partial charge in [0, 0.05) is 23.3 Å². The number of carbonyl (C=O) groups is 1. The molecule has 4 rings (SSSR count). The van der Waals surface area contributed by atoms with E-state index in [4.69, 9.17) is 4.74 Å². The number of para-hydroxylation sites is 1. The van der Waals surface area contributed by atoms with Crippen LogP contribution in [0.2, 0.25) is 0 Å². The normalized spacial score (nSPS) is 15.4. The number of methoxy groups -OCH3 is 1. The van der Waals surface area contributed by atoms with Gasteiger partial charge >= 0.3 is 0 Å². The maximum atomic E-state index is 12.8. The van der Waals surface area contributed by atoms with E-state index in [2.05, 4.69) is 12.2 Å². The van der Waals surface area contributed by atoms with Crippen LogP contribution in [0.1, 0.15) is 28.9 Å². The van der Waals surface area contributed by atoms with Gasteiger partial charge < -0.3 is 14.6 Å². The Labute approximate surface area is 144 Å². The van der Waals surface area contributed by atoms with Gasteiger partial charge in [0.1, 0.15) is 11.3 Å². The van der Waals surface area contributed by atoms with E-state index in [9.17, 15) is 9.59 Å². The zero-order chi connectivity index (χ0) is 17.6. The second kappa shape index (κ2) is 5.77. The van der Waals surface area contributed by atoms with Crippen LogP contribution in [-0.4, -0.2) is 17.6 Å². The second-order valence-electron chi connectivity index (χ2n) is 6.33. The lowest BCUT2D eigenvalue weighted by atomic mass is 10.1. The smallest absolute Gasteiger partial charge is 0.261 e. The first kappa shape index (κ1) is 15.4. The van der Waals surface area contributed by atoms with Crippen molar-refractivity contribution in [2.24, 2.45) is 0 Å². The minimum atomic E-state index is -0.398. The molecule has 2 heterocycles. The standard InChI is InChI=1S/C20H18N2O3/c1-12-10-13-4-3-5-16-18(13)22(12)11-17(19(16)23)20(24)21-14-6-8-15(25-2)9-7-14/h3-9,11-12H,10H2,1-2H3,(H,21,24). The molecule has 3 aromatic rings. The van der Waals surface area contributed by atoms with Crippen LogP contribution in [0.15, 0.2) is 53.5 Å². The van der Waals surface area contributed by atoms with Crippen molar-refractivity contribution in [3.63, 3.8) is 0 Å². The molecular formula is C20H18N2O3. The van der Waals surface area contributed by atoms with E-state index >= 15 is 0 Å². The second-order valence-corrected chi connectivity index (χ2v) is 6.33. The lowest BCUT2D eigenvalue weighted by Gasteiger charge is -2.13. The maximum Gasteiger partial charge on any atom is 0.261 e. The van der Waals surface area contributed by atoms with E-state index in [-0.39, 0.29) is 17.0 Å². The number of rotatable bonds is 3. The van der Waals surface area contributed by atoms with E-state index in [0.29, 0.717) is 16.8 Å². The summed E-state index contributed by atoms with van der Waals surface area (Å²) in [6, 6.07) is 13.0. The number of benzene rings is 2. The first-order valence-electron chi connectivity index (χ1n) is 8.20. The topological polar surface area (TPSA) is 60.3 Å². The molecule has 0 aliphatic carbocycles. The highest BCUT2D eigenvalue weighted by molar-refractivity contribution is 6.06. The number of ether oxygens (including phenoxy) is 1. The van der Waals surface area contributed by atoms with Crippen molar-refractivity contribution < 1.29 is 9.53 Å². The summed E-state index contributed by atoms with van der Waals surface area (Å²) in [5.41, 5.74) is 2.65. The SMILES string of the molecule is COc1ccc(NC(=O)c2cn3c4c(cccc4c2=O)CC3C)cc1. The lowest BCUT2D eigenvalue weighted by Crippen LogP contribution is -2.23. The van der Waals surface area contributed by atoms with Gasteiger partial charge in [0.15, 0.2) is 0 Å². The van der Waals surface area contributed by atoms with Gasteiger partial charge in [-0.15, -0.1) is 0 Å². The molecule has 1 atom stereocenters. The van der Waals surface area contributed by atoms with E-state index in [1.165, 1.54) is 0 Å². The largest absolute Gasteiger partial charge is 0.497 e. The number of nitrogens with zero attached hydrogens (tertiary/aromatic N) is 1. The van der Waals surface area contributed by atoms with Crippen LogP contribution < -0.4 is 15.5 Å². The first-order chi connectivity index (χ1) is 12.1. The predicted octanol–water partition coefficient (Wildman–Crippen LogP) is 3.38. The van der Waals surface area contributed by atoms with Gasteiger partial charge in [-0.25, -0.2) is 0 Å². The molecule has 1 N–H and O–H groups in total. The predicted molar refractivity (Wildman–Crippen MR) is 97.6 cm³/mol. The number of aromatic nitrogens is 1. The molecule has 1 unspecified atom stereocenters. The summed E-state index contributed by atoms with van der Waals surface area (Å²) < 4.78 is 7.14. The monoisotopic (exact) mass is 334 g/mol. The number of carbonyl (C=O) groups excluding carboxylic acids is 1. The van der Waals surface area contributed by atoms with Gasteiger partial charge in [0.25, 0.3) is 5.91 Å². The molecule has 0 fully saturated rings. The molecule has 0 radical (unpaired) electrons. The van der Waals surface area contributed by atoms with Crippen molar-refractivity contribution in [1.82, 2.24) is 4.57 Å². The Kier molecular flexibility index (Phi) is 3.57. The molecule has 2 aromatic carbocycles. The van der Waals surface area contributed by atoms with Crippen molar-refractivity contribution in [3.05, 3.63) is 70.0 Å². The number of nitrogens with one attached hydrogen (secondary N) is 1. The summed E-state index contributed by atoms with van der Waals surface area (Å²) in [7, 11) is 1.59. The minimum Gasteiger partial charge on any atom is -0.497 e. The molecular weight excluding hydrogens is 316 g/mol. The third-order valence-corrected chi connectivity index (χ3v) is 4.72. The molecule has 25 heavy (non-hydrogen) atoms. The van der Waals surface area contributed by atoms with Crippen molar-refractivity contribution in [2.45, 2.75) is 19.4 Å². The Morgan fingerprint density at radius 1 is 1.20 bits per heavy atom. The van der Waals surface area contributed by atoms with E-state index in [1.54, 1.807) is 43.6 Å². The number of anilines is 1. The highest BCUT2D eigenvalue weighted by Gasteiger charge is 2.24. The van der Waals surface area contributed by atoms with Gasteiger partial charge in [-0.05, 0) is 49.2 Å². The number of hydrogen-bond donors (Lipinski definition) is 1. The fourth-order valence-corrected chi connectivity index (χ4v) is 3.45. The van der Waals surface area contributed by atoms with E-state index in [0.717, 1.165) is 17.5 Å². The highest BCUT2D eigenvalue weighted by Crippen LogP contribution is 2.31. The van der Waals surface area contributed by atoms with Gasteiger partial charge in [-0.3, -0.25) is 9.59 Å². The van der Waals surface area contributed by atoms with Crippen molar-refractivity contribution >= 4 is 22.5 Å². The molecule has 5 nitrogen and oxygen atoms in total. The summed E-state index contributed by atoms with van der Waals surface area (Å²) >= 11 is 0. The fraction of sp³-hybridized carbons (Fsp3) is 0.200. The average molecular weight is 334 g/mol. The third-order valence-electron chi connectivity index (χ3n) is 4.72. The van der Waals surface area contributed by atoms with E-state index in [1.807, 2.05) is 16.7 Å². The van der Waals surface area contributed by atoms with Crippen LogP contribution in [0.25, 0.3) is 10.9 Å². The zero-order valence-corrected chi connectivity index (χ0v) is 14.1. The summed E-state index contributed by atoms with van der Waals surface area (Å²) in [6.45, 7) is 2.09. The van der Waals surface area contributed by atoms with Gasteiger partial charge in [-0.1, -0.05) is 12.1 Å². The van der Waals surface area contributed by atoms with Gasteiger partial charge in [-0.2, -0.15) is 0 Å². The minimum absolute atomic E-state index is 0.161. The Morgan fingerprint density at radius 2 is 1.96 bits per heavy atom. The molecule has 126 valence electrons. The van der Waals surface area contributed by atoms with Gasteiger partial charge in [0.05, 0.1) is 12.6 Å². The molecule has 0 saturated heterocycles. The molecule has 5 heteroatoms. The summed E-state index contributed by atoms with van der Waals surface area (Å²) in [5, 5.41) is 3.39. The van der Waals surface area contributed by atoms with Crippen LogP contribution in [0.5, 0.6) is 5.75 Å². The van der Waals surface area contributed by atoms with Crippen LogP contribution in [0.4, 0.5) is 5.69 Å². The molecule has 1 aromatic heterocycles. The summed E-state index contributed by atoms with van der Waals surface area (Å²) in [4.78, 5) is 25.5. The number of hydrogen-bond acceptors (Lipinski definition) is 3. The molecule has 1 amide bonds. The Hall–Kier alpha value is -3.08. The first-order valence-corrected chi connectivity index (χ1v) is 8.20. The van der Waals surface area contributed by atoms with Crippen LogP contribution in [-0.2, 0) is 6.42 Å². The van der Waals surface area contributed by atoms with Crippen LogP contribution in [0, 0.1) is 0 Å². The van der Waals surface area contributed by atoms with E-state index < -0.39 is 5.91 Å². The fourth-order valence-electron chi connectivity index (χ4n) is 3.45. The molecule has 1 aliphatic heterocycles. The van der Waals surface area contributed by atoms with Gasteiger partial charge in [0.2, 0.25) is 5.43 Å². The number of pyridine rings is 1. The molecule has 1 aliphatic rings. The highest BCUT2D eigenvalue weighted by atomic mass is 16.5. The zero-order valence-electron chi connectivity index (χ0n) is 14.1. The molecule has 0 spiro atoms. The Morgan fingerprint density at radius 3 is 2.68 bits per heavy atom. The Balaban J connectivity index is 1.76. The summed E-state index contributed by atoms with van der Waals surface area (Å²) in [6.07, 6.45) is 2.56. The van der Waals surface area contributed by atoms with Crippen molar-refractivity contribution in [2.75, 3.05) is 12.4 Å². The molecule has 0 saturated carbocycles. The average Bonchev–Trinajstić information content (AvgIpc) is 2.95. The molecule has 0 bridgehead atoms. The number of amides is 1. The Bertz CT molecular complexity index is 1040. The third kappa shape index (κ3) is 2.48. The quantitative estimate of drug-likeness (QED) is 0.799. The summed E-state index contributed by atoms with van der Waals surface area (Å²) in [5.74, 6) is 0.309. The van der Waals surface area contributed by atoms with Crippen LogP contribution >= 0.6 is 0 Å². The van der Waals surface area contributed by atoms with Crippen LogP contribution in [0.3, 0.4) is 0 Å². The maximum absolute atomic E-state index is 12.8.